The first-order chi connectivity index (χ1) is 9.09. The monoisotopic (exact) mass is 300 g/mol. The standard InChI is InChI=1S/C5H10O5.C4H6O6/c6-1-3(8)5(10)4(9)2-7;5-1(3(7)8)2(6)4(9)10/h1,3-5,7-10H,2H2;1-2,5-6H,(H,7,8)(H,9,10)/t3-,4-,5+;1-,2-/m00/s1. The summed E-state index contributed by atoms with van der Waals surface area (Å²) >= 11 is 0. The highest BCUT2D eigenvalue weighted by molar-refractivity contribution is 5.83. The van der Waals surface area contributed by atoms with Crippen LogP contribution >= 0.6 is 0 Å². The van der Waals surface area contributed by atoms with Gasteiger partial charge in [0, 0.05) is 0 Å². The second kappa shape index (κ2) is 10.2. The second-order valence-corrected chi connectivity index (χ2v) is 3.43. The van der Waals surface area contributed by atoms with Crippen LogP contribution in [0.3, 0.4) is 0 Å². The van der Waals surface area contributed by atoms with Crippen LogP contribution in [-0.4, -0.2) is 96.2 Å². The summed E-state index contributed by atoms with van der Waals surface area (Å²) in [5.74, 6) is -3.54. The van der Waals surface area contributed by atoms with Gasteiger partial charge in [-0.05, 0) is 0 Å². The Balaban J connectivity index is 0. The molecule has 0 amide bonds. The molecule has 8 N–H and O–H groups in total. The molecule has 0 rings (SSSR count). The summed E-state index contributed by atoms with van der Waals surface area (Å²) in [5.41, 5.74) is 0. The molecule has 5 atom stereocenters. The van der Waals surface area contributed by atoms with Crippen molar-refractivity contribution in [1.29, 1.82) is 0 Å². The van der Waals surface area contributed by atoms with E-state index >= 15 is 0 Å². The predicted octanol–water partition coefficient (Wildman–Crippen LogP) is -4.86. The number of aldehydes is 1. The maximum atomic E-state index is 9.77. The number of carboxylic acids is 2. The molecule has 0 radical (unpaired) electrons. The number of aliphatic hydroxyl groups excluding tert-OH is 6. The molecule has 0 aliphatic carbocycles. The van der Waals surface area contributed by atoms with Gasteiger partial charge < -0.3 is 45.6 Å². The SMILES string of the molecule is O=C(O)[C@@H](O)[C@H](O)C(=O)O.O=C[C@H](O)[C@@H](O)[C@@H](O)CO. The van der Waals surface area contributed by atoms with E-state index in [-0.39, 0.29) is 6.29 Å². The van der Waals surface area contributed by atoms with E-state index in [2.05, 4.69) is 0 Å². The molecule has 0 bridgehead atoms. The smallest absolute Gasteiger partial charge is 0.335 e. The van der Waals surface area contributed by atoms with Crippen LogP contribution in [-0.2, 0) is 14.4 Å². The Morgan fingerprint density at radius 2 is 1.25 bits per heavy atom. The minimum absolute atomic E-state index is 0.0869. The van der Waals surface area contributed by atoms with Crippen molar-refractivity contribution < 1.29 is 55.2 Å². The van der Waals surface area contributed by atoms with Crippen molar-refractivity contribution in [3.8, 4) is 0 Å². The average Bonchev–Trinajstić information content (AvgIpc) is 2.43. The molecule has 0 aromatic rings. The summed E-state index contributed by atoms with van der Waals surface area (Å²) in [7, 11) is 0. The summed E-state index contributed by atoms with van der Waals surface area (Å²) in [6.45, 7) is -0.688. The Kier molecular flexibility index (Phi) is 10.5. The van der Waals surface area contributed by atoms with Crippen molar-refractivity contribution in [1.82, 2.24) is 0 Å². The lowest BCUT2D eigenvalue weighted by atomic mass is 10.1. The third kappa shape index (κ3) is 7.73. The molecule has 0 aromatic heterocycles. The molecule has 0 aromatic carbocycles. The van der Waals surface area contributed by atoms with Crippen molar-refractivity contribution in [2.45, 2.75) is 30.5 Å². The Morgan fingerprint density at radius 3 is 1.45 bits per heavy atom. The van der Waals surface area contributed by atoms with Crippen LogP contribution < -0.4 is 0 Å². The summed E-state index contributed by atoms with van der Waals surface area (Å²) in [6, 6.07) is 0. The van der Waals surface area contributed by atoms with Gasteiger partial charge in [-0.3, -0.25) is 0 Å². The molecule has 0 aliphatic rings. The van der Waals surface area contributed by atoms with E-state index in [1.807, 2.05) is 0 Å². The van der Waals surface area contributed by atoms with Crippen molar-refractivity contribution in [3.63, 3.8) is 0 Å². The Labute approximate surface area is 112 Å². The molecule has 0 saturated heterocycles. The number of aliphatic carboxylic acids is 2. The van der Waals surface area contributed by atoms with Crippen LogP contribution in [0.2, 0.25) is 0 Å². The first kappa shape index (κ1) is 20.7. The van der Waals surface area contributed by atoms with Gasteiger partial charge in [0.05, 0.1) is 6.61 Å². The lowest BCUT2D eigenvalue weighted by Gasteiger charge is -2.16. The summed E-state index contributed by atoms with van der Waals surface area (Å²) in [6.07, 6.45) is -9.16. The van der Waals surface area contributed by atoms with Crippen LogP contribution in [0.4, 0.5) is 0 Å². The minimum atomic E-state index is -2.27. The van der Waals surface area contributed by atoms with Gasteiger partial charge in [-0.1, -0.05) is 0 Å². The van der Waals surface area contributed by atoms with Gasteiger partial charge in [0.15, 0.2) is 18.5 Å². The molecule has 11 nitrogen and oxygen atoms in total. The van der Waals surface area contributed by atoms with E-state index in [4.69, 9.17) is 40.9 Å². The third-order valence-corrected chi connectivity index (χ3v) is 1.88. The fourth-order valence-electron chi connectivity index (χ4n) is 0.686. The third-order valence-electron chi connectivity index (χ3n) is 1.88. The first-order valence-corrected chi connectivity index (χ1v) is 5.02. The number of hydrogen-bond donors (Lipinski definition) is 8. The highest BCUT2D eigenvalue weighted by Crippen LogP contribution is 1.96. The highest BCUT2D eigenvalue weighted by atomic mass is 16.4. The van der Waals surface area contributed by atoms with Crippen LogP contribution in [0.15, 0.2) is 0 Å². The normalized spacial score (nSPS) is 17.7. The fourth-order valence-corrected chi connectivity index (χ4v) is 0.686. The molecule has 11 heteroatoms. The first-order valence-electron chi connectivity index (χ1n) is 5.02. The lowest BCUT2D eigenvalue weighted by Crippen LogP contribution is -2.40. The van der Waals surface area contributed by atoms with E-state index in [1.165, 1.54) is 0 Å². The maximum Gasteiger partial charge on any atom is 0.335 e. The van der Waals surface area contributed by atoms with E-state index in [9.17, 15) is 14.4 Å². The molecular formula is C9H16O11. The topological polar surface area (TPSA) is 213 Å². The molecule has 0 heterocycles. The number of rotatable bonds is 7. The van der Waals surface area contributed by atoms with E-state index in [0.717, 1.165) is 0 Å². The molecule has 20 heavy (non-hydrogen) atoms. The van der Waals surface area contributed by atoms with Crippen LogP contribution in [0.5, 0.6) is 0 Å². The van der Waals surface area contributed by atoms with Gasteiger partial charge in [-0.15, -0.1) is 0 Å². The molecule has 0 aliphatic heterocycles. The molecule has 118 valence electrons. The molecule has 0 unspecified atom stereocenters. The van der Waals surface area contributed by atoms with Crippen LogP contribution in [0.1, 0.15) is 0 Å². The Morgan fingerprint density at radius 1 is 0.900 bits per heavy atom. The minimum Gasteiger partial charge on any atom is -0.479 e. The fraction of sp³-hybridized carbons (Fsp3) is 0.667. The zero-order valence-corrected chi connectivity index (χ0v) is 9.97. The van der Waals surface area contributed by atoms with Gasteiger partial charge in [-0.2, -0.15) is 0 Å². The number of carbonyl (C=O) groups is 3. The molecule has 0 fully saturated rings. The largest absolute Gasteiger partial charge is 0.479 e. The van der Waals surface area contributed by atoms with Crippen LogP contribution in [0.25, 0.3) is 0 Å². The summed E-state index contributed by atoms with van der Waals surface area (Å²) in [5, 5.41) is 66.6. The zero-order valence-electron chi connectivity index (χ0n) is 9.97. The van der Waals surface area contributed by atoms with Crippen molar-refractivity contribution in [3.05, 3.63) is 0 Å². The van der Waals surface area contributed by atoms with E-state index in [1.54, 1.807) is 0 Å². The Hall–Kier alpha value is -1.63. The van der Waals surface area contributed by atoms with E-state index in [0.29, 0.717) is 0 Å². The molecular weight excluding hydrogens is 284 g/mol. The van der Waals surface area contributed by atoms with Gasteiger partial charge >= 0.3 is 11.9 Å². The van der Waals surface area contributed by atoms with Crippen LogP contribution in [0, 0.1) is 0 Å². The quantitative estimate of drug-likeness (QED) is 0.209. The maximum absolute atomic E-state index is 9.77. The number of carbonyl (C=O) groups excluding carboxylic acids is 1. The van der Waals surface area contributed by atoms with Crippen molar-refractivity contribution in [2.75, 3.05) is 6.61 Å². The summed E-state index contributed by atoms with van der Waals surface area (Å²) in [4.78, 5) is 29.3. The zero-order chi connectivity index (χ0) is 16.5. The highest BCUT2D eigenvalue weighted by Gasteiger charge is 2.29. The number of carboxylic acid groups (broad SMARTS) is 2. The van der Waals surface area contributed by atoms with Crippen molar-refractivity contribution in [2.24, 2.45) is 0 Å². The van der Waals surface area contributed by atoms with Crippen molar-refractivity contribution >= 4 is 18.2 Å². The van der Waals surface area contributed by atoms with Gasteiger partial charge in [0.25, 0.3) is 0 Å². The number of hydrogen-bond acceptors (Lipinski definition) is 9. The predicted molar refractivity (Wildman–Crippen MR) is 58.5 cm³/mol. The van der Waals surface area contributed by atoms with Gasteiger partial charge in [0.2, 0.25) is 0 Å². The molecule has 0 spiro atoms. The van der Waals surface area contributed by atoms with Gasteiger partial charge in [0.1, 0.15) is 18.3 Å². The summed E-state index contributed by atoms with van der Waals surface area (Å²) < 4.78 is 0. The Bertz CT molecular complexity index is 299. The van der Waals surface area contributed by atoms with E-state index < -0.39 is 49.1 Å². The average molecular weight is 300 g/mol. The number of aliphatic hydroxyl groups is 6. The second-order valence-electron chi connectivity index (χ2n) is 3.43. The lowest BCUT2D eigenvalue weighted by molar-refractivity contribution is -0.165. The van der Waals surface area contributed by atoms with Gasteiger partial charge in [-0.25, -0.2) is 9.59 Å². The molecule has 0 saturated carbocycles.